The highest BCUT2D eigenvalue weighted by Crippen LogP contribution is 2.39. The summed E-state index contributed by atoms with van der Waals surface area (Å²) in [5.41, 5.74) is -1.02. The van der Waals surface area contributed by atoms with Crippen LogP contribution in [0.4, 0.5) is 0 Å². The van der Waals surface area contributed by atoms with Gasteiger partial charge in [0.1, 0.15) is 77.0 Å². The van der Waals surface area contributed by atoms with E-state index in [0.29, 0.717) is 0 Å². The first-order valence-corrected chi connectivity index (χ1v) is 15.6. The van der Waals surface area contributed by atoms with Crippen molar-refractivity contribution < 1.29 is 83.9 Å². The van der Waals surface area contributed by atoms with Gasteiger partial charge in [-0.3, -0.25) is 4.79 Å². The average molecular weight is 711 g/mol. The molecule has 3 fully saturated rings. The third-order valence-electron chi connectivity index (χ3n) is 8.86. The van der Waals surface area contributed by atoms with E-state index < -0.39 is 115 Å². The Morgan fingerprint density at radius 2 is 1.32 bits per heavy atom. The van der Waals surface area contributed by atoms with Crippen LogP contribution >= 0.6 is 0 Å². The summed E-state index contributed by atoms with van der Waals surface area (Å²) in [6.45, 7) is 2.43. The van der Waals surface area contributed by atoms with Crippen LogP contribution in [0.1, 0.15) is 13.8 Å². The summed E-state index contributed by atoms with van der Waals surface area (Å²) in [5.74, 6) is -1.81. The topological polar surface area (TPSA) is 288 Å². The van der Waals surface area contributed by atoms with Crippen molar-refractivity contribution in [2.45, 2.75) is 99.9 Å². The fourth-order valence-electron chi connectivity index (χ4n) is 5.89. The van der Waals surface area contributed by atoms with Gasteiger partial charge in [-0.15, -0.1) is 0 Å². The standard InChI is InChI=1S/C32H38O18/c1-10-19(36)23(40)26(43)31(45-10)49-28-22(39)18-15(34)7-14(8-17(18)48-27(28)12-3-5-13(33)6-4-12)47-32-29(24(41)20(37)11(2)46-32)50-30-25(42)21(38)16(35)9-44-30/h3-8,10-11,16,19-21,23-26,29-38,40-43H,9H2,1-2H3/t10-,11-,16+,19+,20-,21+,23-,24-,25-,26+,29-,30-,31+,32-/m1/s1. The van der Waals surface area contributed by atoms with Gasteiger partial charge >= 0.3 is 0 Å². The van der Waals surface area contributed by atoms with Crippen LogP contribution in [0.5, 0.6) is 23.0 Å². The summed E-state index contributed by atoms with van der Waals surface area (Å²) >= 11 is 0. The Kier molecular flexibility index (Phi) is 10.3. The molecule has 0 radical (unpaired) electrons. The minimum atomic E-state index is -1.80. The van der Waals surface area contributed by atoms with Crippen LogP contribution in [0.3, 0.4) is 0 Å². The molecule has 3 aromatic rings. The number of phenolic OH excluding ortho intramolecular Hbond substituents is 2. The summed E-state index contributed by atoms with van der Waals surface area (Å²) in [4.78, 5) is 13.9. The molecule has 0 unspecified atom stereocenters. The quantitative estimate of drug-likeness (QED) is 0.124. The van der Waals surface area contributed by atoms with Gasteiger partial charge in [-0.1, -0.05) is 0 Å². The molecule has 3 aliphatic rings. The van der Waals surface area contributed by atoms with Crippen LogP contribution in [0.15, 0.2) is 45.6 Å². The number of fused-ring (bicyclic) bond motifs is 1. The molecular weight excluding hydrogens is 672 g/mol. The minimum Gasteiger partial charge on any atom is -0.508 e. The molecular formula is C32H38O18. The third kappa shape index (κ3) is 6.73. The highest BCUT2D eigenvalue weighted by molar-refractivity contribution is 5.88. The summed E-state index contributed by atoms with van der Waals surface area (Å²) < 4.78 is 39.9. The molecule has 3 saturated heterocycles. The SMILES string of the molecule is C[C@H]1O[C@@H](Oc2c(-c3ccc(O)cc3)oc3cc(O[C@H]4O[C@H](C)[C@@H](O)[C@@H](O)[C@H]4O[C@H]4OC[C@H](O)[C@H](O)[C@H]4O)cc(O)c3c2=O)[C@@H](O)[C@H](O)[C@H]1O. The number of aliphatic hydroxyl groups is 8. The third-order valence-corrected chi connectivity index (χ3v) is 8.86. The second kappa shape index (κ2) is 14.2. The van der Waals surface area contributed by atoms with Crippen LogP contribution in [-0.2, 0) is 18.9 Å². The fraction of sp³-hybridized carbons (Fsp3) is 0.531. The van der Waals surface area contributed by atoms with E-state index >= 15 is 0 Å². The minimum absolute atomic E-state index is 0.118. The summed E-state index contributed by atoms with van der Waals surface area (Å²) in [7, 11) is 0. The predicted octanol–water partition coefficient (Wildman–Crippen LogP) is -2.25. The number of phenols is 2. The predicted molar refractivity (Wildman–Crippen MR) is 164 cm³/mol. The van der Waals surface area contributed by atoms with Crippen LogP contribution < -0.4 is 14.9 Å². The van der Waals surface area contributed by atoms with Crippen LogP contribution in [0, 0.1) is 0 Å². The Morgan fingerprint density at radius 3 is 2.00 bits per heavy atom. The van der Waals surface area contributed by atoms with Gasteiger partial charge in [0.05, 0.1) is 18.8 Å². The molecule has 1 aromatic heterocycles. The maximum atomic E-state index is 13.9. The van der Waals surface area contributed by atoms with E-state index in [1.165, 1.54) is 44.2 Å². The molecule has 0 aliphatic carbocycles. The summed E-state index contributed by atoms with van der Waals surface area (Å²) in [5, 5.41) is 103. The first kappa shape index (κ1) is 36.2. The lowest BCUT2D eigenvalue weighted by Crippen LogP contribution is -2.62. The van der Waals surface area contributed by atoms with Gasteiger partial charge in [0, 0.05) is 17.7 Å². The second-order valence-corrected chi connectivity index (χ2v) is 12.4. The number of rotatable bonds is 7. The van der Waals surface area contributed by atoms with Crippen molar-refractivity contribution in [3.8, 4) is 34.3 Å². The number of hydrogen-bond acceptors (Lipinski definition) is 18. The van der Waals surface area contributed by atoms with E-state index in [0.717, 1.165) is 6.07 Å². The van der Waals surface area contributed by atoms with Gasteiger partial charge in [-0.25, -0.2) is 0 Å². The highest BCUT2D eigenvalue weighted by Gasteiger charge is 2.49. The Hall–Kier alpha value is -3.63. The van der Waals surface area contributed by atoms with E-state index in [2.05, 4.69) is 0 Å². The van der Waals surface area contributed by atoms with Crippen LogP contribution in [-0.4, -0.2) is 144 Å². The molecule has 6 rings (SSSR count). The van der Waals surface area contributed by atoms with Crippen molar-refractivity contribution in [1.82, 2.24) is 0 Å². The van der Waals surface area contributed by atoms with Gasteiger partial charge in [0.15, 0.2) is 18.2 Å². The van der Waals surface area contributed by atoms with Gasteiger partial charge < -0.3 is 83.9 Å². The fourth-order valence-corrected chi connectivity index (χ4v) is 5.89. The molecule has 4 heterocycles. The Balaban J connectivity index is 1.37. The lowest BCUT2D eigenvalue weighted by atomic mass is 9.99. The summed E-state index contributed by atoms with van der Waals surface area (Å²) in [6, 6.07) is 7.55. The maximum Gasteiger partial charge on any atom is 0.239 e. The van der Waals surface area contributed by atoms with E-state index in [1.807, 2.05) is 0 Å². The van der Waals surface area contributed by atoms with Crippen LogP contribution in [0.25, 0.3) is 22.3 Å². The van der Waals surface area contributed by atoms with E-state index in [-0.39, 0.29) is 28.4 Å². The molecule has 3 aliphatic heterocycles. The molecule has 18 heteroatoms. The van der Waals surface area contributed by atoms with E-state index in [1.54, 1.807) is 0 Å². The van der Waals surface area contributed by atoms with E-state index in [9.17, 15) is 55.9 Å². The molecule has 14 atom stereocenters. The highest BCUT2D eigenvalue weighted by atomic mass is 16.8. The van der Waals surface area contributed by atoms with Crippen molar-refractivity contribution in [2.75, 3.05) is 6.61 Å². The van der Waals surface area contributed by atoms with Gasteiger partial charge in [0.25, 0.3) is 0 Å². The number of hydrogen-bond donors (Lipinski definition) is 10. The normalized spacial score (nSPS) is 37.8. The maximum absolute atomic E-state index is 13.9. The number of aliphatic hydroxyl groups excluding tert-OH is 8. The van der Waals surface area contributed by atoms with Gasteiger partial charge in [-0.2, -0.15) is 0 Å². The number of benzene rings is 2. The molecule has 0 bridgehead atoms. The molecule has 0 spiro atoms. The lowest BCUT2D eigenvalue weighted by molar-refractivity contribution is -0.341. The molecule has 274 valence electrons. The monoisotopic (exact) mass is 710 g/mol. The Labute approximate surface area is 282 Å². The number of aromatic hydroxyl groups is 2. The zero-order chi connectivity index (χ0) is 36.2. The molecule has 10 N–H and O–H groups in total. The molecule has 0 amide bonds. The molecule has 18 nitrogen and oxygen atoms in total. The first-order chi connectivity index (χ1) is 23.7. The molecule has 2 aromatic carbocycles. The van der Waals surface area contributed by atoms with Crippen molar-refractivity contribution >= 4 is 11.0 Å². The number of ether oxygens (including phenoxy) is 6. The zero-order valence-electron chi connectivity index (χ0n) is 26.5. The molecule has 50 heavy (non-hydrogen) atoms. The van der Waals surface area contributed by atoms with E-state index in [4.69, 9.17) is 32.8 Å². The van der Waals surface area contributed by atoms with Crippen molar-refractivity contribution in [3.63, 3.8) is 0 Å². The van der Waals surface area contributed by atoms with Gasteiger partial charge in [0.2, 0.25) is 23.8 Å². The van der Waals surface area contributed by atoms with Crippen molar-refractivity contribution in [2.24, 2.45) is 0 Å². The van der Waals surface area contributed by atoms with Crippen molar-refractivity contribution in [1.29, 1.82) is 0 Å². The Bertz CT molecular complexity index is 1710. The summed E-state index contributed by atoms with van der Waals surface area (Å²) in [6.07, 6.45) is -21.4. The lowest BCUT2D eigenvalue weighted by Gasteiger charge is -2.44. The average Bonchev–Trinajstić information content (AvgIpc) is 3.08. The largest absolute Gasteiger partial charge is 0.508 e. The zero-order valence-corrected chi connectivity index (χ0v) is 26.5. The molecule has 0 saturated carbocycles. The first-order valence-electron chi connectivity index (χ1n) is 15.6. The van der Waals surface area contributed by atoms with Crippen molar-refractivity contribution in [3.05, 3.63) is 46.6 Å². The smallest absolute Gasteiger partial charge is 0.239 e. The second-order valence-electron chi connectivity index (χ2n) is 12.4. The van der Waals surface area contributed by atoms with Gasteiger partial charge in [-0.05, 0) is 38.1 Å². The van der Waals surface area contributed by atoms with Crippen LogP contribution in [0.2, 0.25) is 0 Å². The Morgan fingerprint density at radius 1 is 0.700 bits per heavy atom.